The molecule has 1 atom stereocenters. The van der Waals surface area contributed by atoms with Gasteiger partial charge in [-0.25, -0.2) is 0 Å². The Bertz CT molecular complexity index is 626. The van der Waals surface area contributed by atoms with Crippen LogP contribution < -0.4 is 5.32 Å². The second kappa shape index (κ2) is 9.94. The number of thioether (sulfide) groups is 1. The number of carbonyl (C=O) groups is 1. The first-order valence-corrected chi connectivity index (χ1v) is 11.7. The zero-order valence-electron chi connectivity index (χ0n) is 17.0. The van der Waals surface area contributed by atoms with E-state index in [0.717, 1.165) is 32.4 Å². The van der Waals surface area contributed by atoms with Crippen LogP contribution in [-0.2, 0) is 24.1 Å². The lowest BCUT2D eigenvalue weighted by Gasteiger charge is -2.28. The van der Waals surface area contributed by atoms with Gasteiger partial charge in [-0.1, -0.05) is 13.8 Å². The molecule has 1 aromatic heterocycles. The van der Waals surface area contributed by atoms with Crippen molar-refractivity contribution in [2.45, 2.75) is 52.1 Å². The first-order chi connectivity index (χ1) is 13.1. The molecule has 0 saturated carbocycles. The molecular weight excluding hydrogens is 360 g/mol. The van der Waals surface area contributed by atoms with Gasteiger partial charge in [-0.3, -0.25) is 9.48 Å². The maximum absolute atomic E-state index is 13.1. The quantitative estimate of drug-likeness (QED) is 0.685. The van der Waals surface area contributed by atoms with Gasteiger partial charge in [-0.05, 0) is 50.2 Å². The van der Waals surface area contributed by atoms with Crippen molar-refractivity contribution in [1.82, 2.24) is 20.0 Å². The predicted octanol–water partition coefficient (Wildman–Crippen LogP) is 2.21. The first kappa shape index (κ1) is 20.7. The van der Waals surface area contributed by atoms with Gasteiger partial charge < -0.3 is 15.0 Å². The Kier molecular flexibility index (Phi) is 7.61. The van der Waals surface area contributed by atoms with Crippen molar-refractivity contribution < 1.29 is 9.53 Å². The average Bonchev–Trinajstić information content (AvgIpc) is 3.02. The number of rotatable bonds is 8. The zero-order chi connectivity index (χ0) is 19.2. The number of hydrogen-bond acceptors (Lipinski definition) is 5. The smallest absolute Gasteiger partial charge is 0.274 e. The second-order valence-corrected chi connectivity index (χ2v) is 8.98. The molecule has 1 saturated heterocycles. The number of ether oxygens (including phenoxy) is 1. The van der Waals surface area contributed by atoms with Gasteiger partial charge in [0.05, 0.1) is 13.2 Å². The van der Waals surface area contributed by atoms with Crippen molar-refractivity contribution in [2.24, 2.45) is 5.92 Å². The molecular formula is C20H34N4O2S. The van der Waals surface area contributed by atoms with E-state index in [1.165, 1.54) is 23.4 Å². The monoisotopic (exact) mass is 394 g/mol. The van der Waals surface area contributed by atoms with Crippen LogP contribution in [0.2, 0.25) is 0 Å². The fourth-order valence-corrected chi connectivity index (χ4v) is 4.40. The average molecular weight is 395 g/mol. The summed E-state index contributed by atoms with van der Waals surface area (Å²) in [6.45, 7) is 8.92. The first-order valence-electron chi connectivity index (χ1n) is 10.3. The van der Waals surface area contributed by atoms with Crippen molar-refractivity contribution in [3.05, 3.63) is 17.0 Å². The van der Waals surface area contributed by atoms with Crippen molar-refractivity contribution >= 4 is 17.7 Å². The lowest BCUT2D eigenvalue weighted by atomic mass is 9.91. The summed E-state index contributed by atoms with van der Waals surface area (Å²) in [6.07, 6.45) is 6.39. The SMILES string of the molecule is CSCCCN[C@@H]1CCc2c(c(C(=O)N3CCOCC3)nn2CC(C)C)C1. The number of amides is 1. The standard InChI is InChI=1S/C20H34N4O2S/c1-15(2)14-24-18-6-5-16(21-7-4-12-27-3)13-17(18)19(22-24)20(25)23-8-10-26-11-9-23/h15-16,21H,4-14H2,1-3H3/t16-/m1/s1. The molecule has 2 heterocycles. The number of hydrogen-bond donors (Lipinski definition) is 1. The summed E-state index contributed by atoms with van der Waals surface area (Å²) in [6, 6.07) is 0.451. The third-order valence-corrected chi connectivity index (χ3v) is 6.04. The van der Waals surface area contributed by atoms with E-state index in [4.69, 9.17) is 9.84 Å². The molecule has 7 heteroatoms. The van der Waals surface area contributed by atoms with E-state index < -0.39 is 0 Å². The molecule has 27 heavy (non-hydrogen) atoms. The summed E-state index contributed by atoms with van der Waals surface area (Å²) < 4.78 is 7.51. The molecule has 1 aliphatic carbocycles. The van der Waals surface area contributed by atoms with Crippen LogP contribution in [0.5, 0.6) is 0 Å². The van der Waals surface area contributed by atoms with E-state index in [1.54, 1.807) is 0 Å². The summed E-state index contributed by atoms with van der Waals surface area (Å²) in [4.78, 5) is 15.1. The molecule has 1 amide bonds. The van der Waals surface area contributed by atoms with Gasteiger partial charge in [0.2, 0.25) is 0 Å². The summed E-state index contributed by atoms with van der Waals surface area (Å²) in [5.74, 6) is 1.79. The molecule has 0 unspecified atom stereocenters. The molecule has 1 aromatic rings. The van der Waals surface area contributed by atoms with Gasteiger partial charge in [0.1, 0.15) is 0 Å². The summed E-state index contributed by atoms with van der Waals surface area (Å²) in [5.41, 5.74) is 3.14. The van der Waals surface area contributed by atoms with Gasteiger partial charge in [-0.15, -0.1) is 0 Å². The molecule has 0 spiro atoms. The maximum atomic E-state index is 13.1. The van der Waals surface area contributed by atoms with Gasteiger partial charge in [0.25, 0.3) is 5.91 Å². The number of carbonyl (C=O) groups excluding carboxylic acids is 1. The lowest BCUT2D eigenvalue weighted by molar-refractivity contribution is 0.0297. The molecule has 6 nitrogen and oxygen atoms in total. The van der Waals surface area contributed by atoms with Crippen LogP contribution >= 0.6 is 11.8 Å². The van der Waals surface area contributed by atoms with Crippen LogP contribution in [0.15, 0.2) is 0 Å². The lowest BCUT2D eigenvalue weighted by Crippen LogP contribution is -2.42. The Labute approximate surface area is 167 Å². The Morgan fingerprint density at radius 1 is 1.37 bits per heavy atom. The van der Waals surface area contributed by atoms with E-state index in [-0.39, 0.29) is 5.91 Å². The number of nitrogens with zero attached hydrogens (tertiary/aromatic N) is 3. The highest BCUT2D eigenvalue weighted by molar-refractivity contribution is 7.98. The molecule has 152 valence electrons. The highest BCUT2D eigenvalue weighted by Gasteiger charge is 2.31. The van der Waals surface area contributed by atoms with Crippen molar-refractivity contribution in [1.29, 1.82) is 0 Å². The van der Waals surface area contributed by atoms with E-state index in [1.807, 2.05) is 16.7 Å². The van der Waals surface area contributed by atoms with Gasteiger partial charge >= 0.3 is 0 Å². The number of nitrogens with one attached hydrogen (secondary N) is 1. The Morgan fingerprint density at radius 3 is 2.85 bits per heavy atom. The van der Waals surface area contributed by atoms with Crippen LogP contribution in [0.4, 0.5) is 0 Å². The van der Waals surface area contributed by atoms with Crippen molar-refractivity contribution in [2.75, 3.05) is 44.9 Å². The van der Waals surface area contributed by atoms with E-state index in [2.05, 4.69) is 30.1 Å². The van der Waals surface area contributed by atoms with Gasteiger partial charge in [-0.2, -0.15) is 16.9 Å². The highest BCUT2D eigenvalue weighted by atomic mass is 32.2. The fraction of sp³-hybridized carbons (Fsp3) is 0.800. The Hall–Kier alpha value is -1.05. The van der Waals surface area contributed by atoms with Crippen LogP contribution in [0.1, 0.15) is 48.4 Å². The second-order valence-electron chi connectivity index (χ2n) is 7.99. The van der Waals surface area contributed by atoms with Crippen LogP contribution in [0.3, 0.4) is 0 Å². The predicted molar refractivity (Wildman–Crippen MR) is 111 cm³/mol. The third-order valence-electron chi connectivity index (χ3n) is 5.34. The molecule has 0 bridgehead atoms. The Morgan fingerprint density at radius 2 is 2.15 bits per heavy atom. The molecule has 3 rings (SSSR count). The summed E-state index contributed by atoms with van der Waals surface area (Å²) in [7, 11) is 0. The minimum absolute atomic E-state index is 0.0834. The van der Waals surface area contributed by atoms with Crippen LogP contribution in [-0.4, -0.2) is 71.5 Å². The molecule has 0 aromatic carbocycles. The minimum atomic E-state index is 0.0834. The van der Waals surface area contributed by atoms with E-state index in [0.29, 0.717) is 44.0 Å². The molecule has 1 fully saturated rings. The van der Waals surface area contributed by atoms with E-state index in [9.17, 15) is 4.79 Å². The zero-order valence-corrected chi connectivity index (χ0v) is 17.8. The van der Waals surface area contributed by atoms with E-state index >= 15 is 0 Å². The van der Waals surface area contributed by atoms with Crippen LogP contribution in [0, 0.1) is 5.92 Å². The fourth-order valence-electron chi connectivity index (χ4n) is 3.97. The van der Waals surface area contributed by atoms with Crippen molar-refractivity contribution in [3.63, 3.8) is 0 Å². The third kappa shape index (κ3) is 5.27. The van der Waals surface area contributed by atoms with Crippen LogP contribution in [0.25, 0.3) is 0 Å². The summed E-state index contributed by atoms with van der Waals surface area (Å²) in [5, 5.41) is 8.50. The molecule has 2 aliphatic rings. The normalized spacial score (nSPS) is 20.1. The highest BCUT2D eigenvalue weighted by Crippen LogP contribution is 2.27. The molecule has 1 N–H and O–H groups in total. The number of morpholine rings is 1. The molecule has 0 radical (unpaired) electrons. The molecule has 1 aliphatic heterocycles. The van der Waals surface area contributed by atoms with Gasteiger partial charge in [0.15, 0.2) is 5.69 Å². The minimum Gasteiger partial charge on any atom is -0.378 e. The topological polar surface area (TPSA) is 59.4 Å². The largest absolute Gasteiger partial charge is 0.378 e. The van der Waals surface area contributed by atoms with Gasteiger partial charge in [0, 0.05) is 36.9 Å². The number of aromatic nitrogens is 2. The van der Waals surface area contributed by atoms with Crippen molar-refractivity contribution in [3.8, 4) is 0 Å². The summed E-state index contributed by atoms with van der Waals surface area (Å²) >= 11 is 1.89. The Balaban J connectivity index is 1.77. The maximum Gasteiger partial charge on any atom is 0.274 e. The number of fused-ring (bicyclic) bond motifs is 1.